The van der Waals surface area contributed by atoms with E-state index < -0.39 is 5.41 Å². The van der Waals surface area contributed by atoms with E-state index in [1.165, 1.54) is 77.5 Å². The van der Waals surface area contributed by atoms with Gasteiger partial charge in [-0.25, -0.2) is 0 Å². The molecule has 1 heterocycles. The molecule has 1 spiro atoms. The molecule has 10 rings (SSSR count). The third-order valence-electron chi connectivity index (χ3n) is 10.1. The highest BCUT2D eigenvalue weighted by atomic mass is 14.6. The maximum absolute atomic E-state index is 4.61. The van der Waals surface area contributed by atoms with Crippen LogP contribution in [0.25, 0.3) is 66.2 Å². The number of nitrogens with zero attached hydrogens (tertiary/aromatic N) is 1. The van der Waals surface area contributed by atoms with Gasteiger partial charge in [0.05, 0.1) is 10.9 Å². The van der Waals surface area contributed by atoms with Gasteiger partial charge in [0.2, 0.25) is 0 Å². The van der Waals surface area contributed by atoms with Gasteiger partial charge in [0.25, 0.3) is 0 Å². The van der Waals surface area contributed by atoms with E-state index in [9.17, 15) is 0 Å². The molecule has 45 heavy (non-hydrogen) atoms. The van der Waals surface area contributed by atoms with Crippen molar-refractivity contribution in [2.45, 2.75) is 5.41 Å². The van der Waals surface area contributed by atoms with Crippen molar-refractivity contribution >= 4 is 21.7 Å². The van der Waals surface area contributed by atoms with Gasteiger partial charge in [-0.3, -0.25) is 4.98 Å². The summed E-state index contributed by atoms with van der Waals surface area (Å²) in [4.78, 5) is 4.61. The molecule has 7 aromatic carbocycles. The Balaban J connectivity index is 1.24. The average Bonchev–Trinajstić information content (AvgIpc) is 3.40. The molecule has 0 aliphatic heterocycles. The van der Waals surface area contributed by atoms with E-state index in [0.717, 1.165) is 10.9 Å². The second-order valence-electron chi connectivity index (χ2n) is 12.3. The molecule has 2 aliphatic carbocycles. The predicted molar refractivity (Wildman–Crippen MR) is 186 cm³/mol. The molecule has 0 N–H and O–H groups in total. The number of rotatable bonds is 2. The number of hydrogen-bond acceptors (Lipinski definition) is 1. The Morgan fingerprint density at radius 1 is 0.356 bits per heavy atom. The van der Waals surface area contributed by atoms with Crippen LogP contribution in [0.5, 0.6) is 0 Å². The van der Waals surface area contributed by atoms with Gasteiger partial charge in [0, 0.05) is 11.6 Å². The fourth-order valence-corrected chi connectivity index (χ4v) is 8.23. The van der Waals surface area contributed by atoms with Crippen LogP contribution in [0.1, 0.15) is 22.3 Å². The maximum atomic E-state index is 4.61. The number of aromatic nitrogens is 1. The summed E-state index contributed by atoms with van der Waals surface area (Å²) in [5.74, 6) is 0. The lowest BCUT2D eigenvalue weighted by molar-refractivity contribution is 0.774. The Hall–Kier alpha value is -5.79. The Bertz CT molecular complexity index is 2500. The highest BCUT2D eigenvalue weighted by molar-refractivity contribution is 6.07. The van der Waals surface area contributed by atoms with Crippen LogP contribution in [0.2, 0.25) is 0 Å². The summed E-state index contributed by atoms with van der Waals surface area (Å²) in [5.41, 5.74) is 16.2. The van der Waals surface area contributed by atoms with Gasteiger partial charge < -0.3 is 0 Å². The van der Waals surface area contributed by atoms with Crippen LogP contribution in [0.3, 0.4) is 0 Å². The van der Waals surface area contributed by atoms with Gasteiger partial charge in [-0.05, 0) is 102 Å². The largest absolute Gasteiger partial charge is 0.256 e. The van der Waals surface area contributed by atoms with E-state index in [1.54, 1.807) is 0 Å². The Morgan fingerprint density at radius 2 is 0.933 bits per heavy atom. The van der Waals surface area contributed by atoms with Crippen LogP contribution >= 0.6 is 0 Å². The molecule has 1 heteroatoms. The summed E-state index contributed by atoms with van der Waals surface area (Å²) >= 11 is 0. The zero-order valence-corrected chi connectivity index (χ0v) is 24.5. The molecule has 1 atom stereocenters. The van der Waals surface area contributed by atoms with Gasteiger partial charge in [-0.1, -0.05) is 133 Å². The minimum absolute atomic E-state index is 0.409. The number of hydrogen-bond donors (Lipinski definition) is 0. The smallest absolute Gasteiger partial charge is 0.0725 e. The highest BCUT2D eigenvalue weighted by Crippen LogP contribution is 2.62. The SMILES string of the molecule is c1cc(-c2ccc3c(c2)C2(c4ccccc4-3)c3ccccc3-c3cccc4cccc2c34)cc(-c2ccc3cccnc3c2)c1. The lowest BCUT2D eigenvalue weighted by atomic mass is 9.61. The van der Waals surface area contributed by atoms with Crippen molar-refractivity contribution in [3.05, 3.63) is 186 Å². The van der Waals surface area contributed by atoms with E-state index in [1.807, 2.05) is 12.3 Å². The molecule has 0 bridgehead atoms. The Labute approximate surface area is 262 Å². The first-order valence-corrected chi connectivity index (χ1v) is 15.6. The van der Waals surface area contributed by atoms with Crippen LogP contribution in [-0.2, 0) is 5.41 Å². The molecule has 1 unspecified atom stereocenters. The summed E-state index contributed by atoms with van der Waals surface area (Å²) in [7, 11) is 0. The first kappa shape index (κ1) is 24.6. The monoisotopic (exact) mass is 569 g/mol. The van der Waals surface area contributed by atoms with E-state index in [2.05, 4.69) is 157 Å². The first-order chi connectivity index (χ1) is 22.3. The topological polar surface area (TPSA) is 12.9 Å². The summed E-state index contributed by atoms with van der Waals surface area (Å²) < 4.78 is 0. The van der Waals surface area contributed by atoms with Gasteiger partial charge in [0.1, 0.15) is 0 Å². The summed E-state index contributed by atoms with van der Waals surface area (Å²) in [6.07, 6.45) is 1.86. The van der Waals surface area contributed by atoms with Crippen molar-refractivity contribution in [1.29, 1.82) is 0 Å². The highest BCUT2D eigenvalue weighted by Gasteiger charge is 2.50. The molecule has 0 amide bonds. The van der Waals surface area contributed by atoms with Crippen LogP contribution in [0.4, 0.5) is 0 Å². The van der Waals surface area contributed by atoms with Gasteiger partial charge in [-0.15, -0.1) is 0 Å². The quantitative estimate of drug-likeness (QED) is 0.202. The van der Waals surface area contributed by atoms with Crippen LogP contribution < -0.4 is 0 Å². The molecular formula is C44H27N. The standard InChI is InChI=1S/C44H27N/c1-3-17-38-34(14-1)36-23-22-32(30-11-5-12-31(25-30)33-21-20-28-13-8-24-45-42(28)27-33)26-41(36)44(38)39-18-4-2-15-35(39)37-16-6-9-29-10-7-19-40(44)43(29)37/h1-27H. The second-order valence-corrected chi connectivity index (χ2v) is 12.3. The molecule has 2 aliphatic rings. The number of benzene rings is 7. The third-order valence-corrected chi connectivity index (χ3v) is 10.1. The lowest BCUT2D eigenvalue weighted by Crippen LogP contribution is -2.31. The van der Waals surface area contributed by atoms with Crippen molar-refractivity contribution in [2.75, 3.05) is 0 Å². The number of fused-ring (bicyclic) bond motifs is 10. The van der Waals surface area contributed by atoms with Crippen molar-refractivity contribution in [2.24, 2.45) is 0 Å². The fourth-order valence-electron chi connectivity index (χ4n) is 8.23. The Kier molecular flexibility index (Phi) is 4.99. The summed E-state index contributed by atoms with van der Waals surface area (Å²) in [5, 5.41) is 3.81. The van der Waals surface area contributed by atoms with Crippen molar-refractivity contribution < 1.29 is 0 Å². The van der Waals surface area contributed by atoms with Gasteiger partial charge in [0.15, 0.2) is 0 Å². The maximum Gasteiger partial charge on any atom is 0.0725 e. The van der Waals surface area contributed by atoms with Gasteiger partial charge >= 0.3 is 0 Å². The molecule has 1 aromatic heterocycles. The molecule has 0 saturated heterocycles. The Morgan fingerprint density at radius 3 is 1.76 bits per heavy atom. The molecule has 0 fully saturated rings. The molecule has 208 valence electrons. The minimum Gasteiger partial charge on any atom is -0.256 e. The average molecular weight is 570 g/mol. The van der Waals surface area contributed by atoms with Crippen LogP contribution in [0.15, 0.2) is 164 Å². The fraction of sp³-hybridized carbons (Fsp3) is 0.0227. The third kappa shape index (κ3) is 3.30. The van der Waals surface area contributed by atoms with Crippen LogP contribution in [-0.4, -0.2) is 4.98 Å². The summed E-state index contributed by atoms with van der Waals surface area (Å²) in [6, 6.07) is 58.5. The first-order valence-electron chi connectivity index (χ1n) is 15.6. The van der Waals surface area contributed by atoms with Gasteiger partial charge in [-0.2, -0.15) is 0 Å². The van der Waals surface area contributed by atoms with Crippen molar-refractivity contribution in [3.63, 3.8) is 0 Å². The lowest BCUT2D eigenvalue weighted by Gasteiger charge is -2.40. The van der Waals surface area contributed by atoms with Crippen molar-refractivity contribution in [1.82, 2.24) is 4.98 Å². The van der Waals surface area contributed by atoms with E-state index in [4.69, 9.17) is 0 Å². The zero-order chi connectivity index (χ0) is 29.5. The summed E-state index contributed by atoms with van der Waals surface area (Å²) in [6.45, 7) is 0. The molecule has 0 saturated carbocycles. The normalized spacial score (nSPS) is 15.6. The van der Waals surface area contributed by atoms with E-state index in [0.29, 0.717) is 0 Å². The van der Waals surface area contributed by atoms with Crippen molar-refractivity contribution in [3.8, 4) is 44.5 Å². The molecule has 8 aromatic rings. The molecule has 1 nitrogen and oxygen atoms in total. The minimum atomic E-state index is -0.409. The van der Waals surface area contributed by atoms with E-state index in [-0.39, 0.29) is 0 Å². The zero-order valence-electron chi connectivity index (χ0n) is 24.5. The van der Waals surface area contributed by atoms with Crippen LogP contribution in [0, 0.1) is 0 Å². The second kappa shape index (κ2) is 9.11. The number of pyridine rings is 1. The molecular weight excluding hydrogens is 542 g/mol. The molecule has 0 radical (unpaired) electrons. The van der Waals surface area contributed by atoms with E-state index >= 15 is 0 Å². The predicted octanol–water partition coefficient (Wildman–Crippen LogP) is 11.1.